The van der Waals surface area contributed by atoms with Crippen LogP contribution in [0.1, 0.15) is 24.1 Å². The van der Waals surface area contributed by atoms with Gasteiger partial charge >= 0.3 is 0 Å². The van der Waals surface area contributed by atoms with E-state index < -0.39 is 0 Å². The van der Waals surface area contributed by atoms with Crippen LogP contribution in [-0.2, 0) is 4.79 Å². The van der Waals surface area contributed by atoms with Crippen molar-refractivity contribution >= 4 is 5.91 Å². The second-order valence-corrected chi connectivity index (χ2v) is 5.62. The largest absolute Gasteiger partial charge is 0.486 e. The van der Waals surface area contributed by atoms with E-state index in [0.29, 0.717) is 30.3 Å². The van der Waals surface area contributed by atoms with Crippen LogP contribution in [0.25, 0.3) is 0 Å². The number of hydrogen-bond acceptors (Lipinski definition) is 5. The summed E-state index contributed by atoms with van der Waals surface area (Å²) in [4.78, 5) is 12.1. The summed E-state index contributed by atoms with van der Waals surface area (Å²) in [6, 6.07) is 14.1. The number of rotatable bonds is 5. The first-order valence-electron chi connectivity index (χ1n) is 7.97. The van der Waals surface area contributed by atoms with Gasteiger partial charge in [0, 0.05) is 0 Å². The number of fused-ring (bicyclic) bond motifs is 1. The molecule has 1 aliphatic rings. The van der Waals surface area contributed by atoms with E-state index >= 15 is 0 Å². The van der Waals surface area contributed by atoms with Gasteiger partial charge in [0.1, 0.15) is 19.0 Å². The van der Waals surface area contributed by atoms with Crippen molar-refractivity contribution in [2.45, 2.75) is 13.0 Å². The lowest BCUT2D eigenvalue weighted by molar-refractivity contribution is -0.123. The van der Waals surface area contributed by atoms with E-state index in [1.54, 1.807) is 24.3 Å². The standard InChI is InChI=1S/C19H18N2O4/c1-13(15-4-7-17-18(10-15)24-9-8-23-17)21-19(22)12-25-16-5-2-14(11-20)3-6-16/h2-7,10,13H,8-9,12H2,1H3,(H,21,22). The molecule has 0 saturated carbocycles. The number of benzene rings is 2. The topological polar surface area (TPSA) is 80.6 Å². The van der Waals surface area contributed by atoms with Crippen molar-refractivity contribution in [1.82, 2.24) is 5.32 Å². The molecule has 1 atom stereocenters. The van der Waals surface area contributed by atoms with E-state index in [9.17, 15) is 4.79 Å². The molecule has 2 aromatic carbocycles. The van der Waals surface area contributed by atoms with Gasteiger partial charge in [-0.15, -0.1) is 0 Å². The molecule has 0 aromatic heterocycles. The molecule has 25 heavy (non-hydrogen) atoms. The SMILES string of the molecule is CC(NC(=O)COc1ccc(C#N)cc1)c1ccc2c(c1)OCCO2. The van der Waals surface area contributed by atoms with Gasteiger partial charge in [-0.25, -0.2) is 0 Å². The van der Waals surface area contributed by atoms with Crippen molar-refractivity contribution in [2.75, 3.05) is 19.8 Å². The monoisotopic (exact) mass is 338 g/mol. The quantitative estimate of drug-likeness (QED) is 0.906. The second-order valence-electron chi connectivity index (χ2n) is 5.62. The lowest BCUT2D eigenvalue weighted by Crippen LogP contribution is -2.31. The molecule has 2 aromatic rings. The molecule has 1 heterocycles. The molecule has 1 aliphatic heterocycles. The summed E-state index contributed by atoms with van der Waals surface area (Å²) < 4.78 is 16.5. The summed E-state index contributed by atoms with van der Waals surface area (Å²) >= 11 is 0. The summed E-state index contributed by atoms with van der Waals surface area (Å²) in [6.07, 6.45) is 0. The molecule has 0 spiro atoms. The van der Waals surface area contributed by atoms with Crippen LogP contribution in [0.2, 0.25) is 0 Å². The lowest BCUT2D eigenvalue weighted by atomic mass is 10.1. The molecule has 0 bridgehead atoms. The normalized spacial score (nSPS) is 13.4. The summed E-state index contributed by atoms with van der Waals surface area (Å²) in [5.74, 6) is 1.73. The Bertz CT molecular complexity index is 796. The molecule has 3 rings (SSSR count). The van der Waals surface area contributed by atoms with Crippen molar-refractivity contribution in [3.63, 3.8) is 0 Å². The summed E-state index contributed by atoms with van der Waals surface area (Å²) in [5.41, 5.74) is 1.47. The molecular formula is C19H18N2O4. The molecule has 0 saturated heterocycles. The Morgan fingerprint density at radius 2 is 1.92 bits per heavy atom. The number of nitriles is 1. The van der Waals surface area contributed by atoms with Crippen LogP contribution in [0, 0.1) is 11.3 Å². The summed E-state index contributed by atoms with van der Waals surface area (Å²) in [6.45, 7) is 2.87. The number of carbonyl (C=O) groups is 1. The molecule has 0 radical (unpaired) electrons. The highest BCUT2D eigenvalue weighted by molar-refractivity contribution is 5.78. The first-order chi connectivity index (χ1) is 12.2. The highest BCUT2D eigenvalue weighted by atomic mass is 16.6. The fraction of sp³-hybridized carbons (Fsp3) is 0.263. The van der Waals surface area contributed by atoms with Gasteiger partial charge in [0.15, 0.2) is 18.1 Å². The highest BCUT2D eigenvalue weighted by Crippen LogP contribution is 2.32. The lowest BCUT2D eigenvalue weighted by Gasteiger charge is -2.21. The number of nitrogens with one attached hydrogen (secondary N) is 1. The molecule has 128 valence electrons. The van der Waals surface area contributed by atoms with Crippen LogP contribution in [0.4, 0.5) is 0 Å². The van der Waals surface area contributed by atoms with Crippen LogP contribution in [0.5, 0.6) is 17.2 Å². The third-order valence-electron chi connectivity index (χ3n) is 3.80. The first-order valence-corrected chi connectivity index (χ1v) is 7.97. The Morgan fingerprint density at radius 1 is 1.20 bits per heavy atom. The van der Waals surface area contributed by atoms with Crippen LogP contribution in [0.15, 0.2) is 42.5 Å². The maximum Gasteiger partial charge on any atom is 0.258 e. The van der Waals surface area contributed by atoms with Gasteiger partial charge in [-0.1, -0.05) is 6.07 Å². The zero-order valence-electron chi connectivity index (χ0n) is 13.8. The summed E-state index contributed by atoms with van der Waals surface area (Å²) in [5, 5.41) is 11.6. The second kappa shape index (κ2) is 7.58. The van der Waals surface area contributed by atoms with E-state index in [0.717, 1.165) is 11.3 Å². The third kappa shape index (κ3) is 4.21. The molecular weight excluding hydrogens is 320 g/mol. The van der Waals surface area contributed by atoms with Crippen molar-refractivity contribution in [3.05, 3.63) is 53.6 Å². The van der Waals surface area contributed by atoms with Gasteiger partial charge in [-0.05, 0) is 48.9 Å². The minimum Gasteiger partial charge on any atom is -0.486 e. The number of amides is 1. The molecule has 0 fully saturated rings. The molecule has 6 nitrogen and oxygen atoms in total. The molecule has 1 unspecified atom stereocenters. The van der Waals surface area contributed by atoms with Gasteiger partial charge in [-0.3, -0.25) is 4.79 Å². The van der Waals surface area contributed by atoms with Crippen LogP contribution < -0.4 is 19.5 Å². The van der Waals surface area contributed by atoms with Gasteiger partial charge in [-0.2, -0.15) is 5.26 Å². The molecule has 1 N–H and O–H groups in total. The van der Waals surface area contributed by atoms with Gasteiger partial charge in [0.2, 0.25) is 0 Å². The van der Waals surface area contributed by atoms with Gasteiger partial charge in [0.25, 0.3) is 5.91 Å². The number of nitrogens with zero attached hydrogens (tertiary/aromatic N) is 1. The van der Waals surface area contributed by atoms with Crippen LogP contribution >= 0.6 is 0 Å². The Labute approximate surface area is 145 Å². The van der Waals surface area contributed by atoms with Gasteiger partial charge in [0.05, 0.1) is 17.7 Å². The predicted molar refractivity (Wildman–Crippen MR) is 90.6 cm³/mol. The third-order valence-corrected chi connectivity index (χ3v) is 3.80. The van der Waals surface area contributed by atoms with E-state index in [-0.39, 0.29) is 18.6 Å². The average molecular weight is 338 g/mol. The van der Waals surface area contributed by atoms with E-state index in [2.05, 4.69) is 5.32 Å². The smallest absolute Gasteiger partial charge is 0.258 e. The minimum atomic E-state index is -0.230. The average Bonchev–Trinajstić information content (AvgIpc) is 2.66. The molecule has 0 aliphatic carbocycles. The van der Waals surface area contributed by atoms with Crippen molar-refractivity contribution < 1.29 is 19.0 Å². The zero-order valence-corrected chi connectivity index (χ0v) is 13.8. The van der Waals surface area contributed by atoms with E-state index in [4.69, 9.17) is 19.5 Å². The Kier molecular flexibility index (Phi) is 5.05. The Morgan fingerprint density at radius 3 is 2.64 bits per heavy atom. The number of ether oxygens (including phenoxy) is 3. The Balaban J connectivity index is 1.54. The maximum absolute atomic E-state index is 12.1. The maximum atomic E-state index is 12.1. The van der Waals surface area contributed by atoms with E-state index in [1.165, 1.54) is 0 Å². The predicted octanol–water partition coefficient (Wildman–Crippen LogP) is 2.59. The number of hydrogen-bond donors (Lipinski definition) is 1. The Hall–Kier alpha value is -3.20. The van der Waals surface area contributed by atoms with E-state index in [1.807, 2.05) is 31.2 Å². The van der Waals surface area contributed by atoms with Crippen LogP contribution in [0.3, 0.4) is 0 Å². The molecule has 6 heteroatoms. The van der Waals surface area contributed by atoms with Crippen LogP contribution in [-0.4, -0.2) is 25.7 Å². The number of carbonyl (C=O) groups excluding carboxylic acids is 1. The van der Waals surface area contributed by atoms with Gasteiger partial charge < -0.3 is 19.5 Å². The highest BCUT2D eigenvalue weighted by Gasteiger charge is 2.16. The van der Waals surface area contributed by atoms with Crippen molar-refractivity contribution in [1.29, 1.82) is 5.26 Å². The minimum absolute atomic E-state index is 0.0964. The van der Waals surface area contributed by atoms with Crippen molar-refractivity contribution in [3.8, 4) is 23.3 Å². The fourth-order valence-electron chi connectivity index (χ4n) is 2.47. The zero-order chi connectivity index (χ0) is 17.6. The fourth-order valence-corrected chi connectivity index (χ4v) is 2.47. The summed E-state index contributed by atoms with van der Waals surface area (Å²) in [7, 11) is 0. The molecule has 1 amide bonds. The first kappa shape index (κ1) is 16.7. The van der Waals surface area contributed by atoms with Crippen molar-refractivity contribution in [2.24, 2.45) is 0 Å².